The maximum absolute atomic E-state index is 11.9. The van der Waals surface area contributed by atoms with Gasteiger partial charge in [0.1, 0.15) is 0 Å². The van der Waals surface area contributed by atoms with E-state index in [9.17, 15) is 9.59 Å². The minimum absolute atomic E-state index is 0.443. The van der Waals surface area contributed by atoms with Gasteiger partial charge in [0.15, 0.2) is 0 Å². The number of hydrogen-bond donors (Lipinski definition) is 2. The van der Waals surface area contributed by atoms with Crippen LogP contribution in [0.1, 0.15) is 12.0 Å². The summed E-state index contributed by atoms with van der Waals surface area (Å²) in [5, 5.41) is 7.39. The fourth-order valence-corrected chi connectivity index (χ4v) is 2.21. The molecule has 0 bridgehead atoms. The first kappa shape index (κ1) is 18.0. The number of carbonyl (C=O) groups excluding carboxylic acids is 2. The highest BCUT2D eigenvalue weighted by atomic mass is 35.5. The molecule has 24 heavy (non-hydrogen) atoms. The molecule has 0 spiro atoms. The number of anilines is 1. The van der Waals surface area contributed by atoms with Gasteiger partial charge in [-0.1, -0.05) is 23.7 Å². The molecule has 1 heterocycles. The monoisotopic (exact) mass is 349 g/mol. The smallest absolute Gasteiger partial charge is 0.313 e. The Morgan fingerprint density at radius 1 is 1.33 bits per heavy atom. The standard InChI is InChI=1S/C16H20ClN5O2/c1-21(8-2-7-18)16(24)15(23)20-14-9-19-22(11-14)10-12-3-5-13(17)6-4-12/h3-6,9,11H,2,7-8,10,18H2,1H3,(H,20,23). The first-order chi connectivity index (χ1) is 11.5. The van der Waals surface area contributed by atoms with E-state index in [0.29, 0.717) is 36.8 Å². The van der Waals surface area contributed by atoms with Crippen LogP contribution in [0.15, 0.2) is 36.7 Å². The van der Waals surface area contributed by atoms with Crippen molar-refractivity contribution in [3.05, 3.63) is 47.2 Å². The van der Waals surface area contributed by atoms with Gasteiger partial charge < -0.3 is 16.0 Å². The van der Waals surface area contributed by atoms with Crippen molar-refractivity contribution in [2.75, 3.05) is 25.5 Å². The number of aromatic nitrogens is 2. The van der Waals surface area contributed by atoms with Crippen molar-refractivity contribution in [2.45, 2.75) is 13.0 Å². The Labute approximate surface area is 145 Å². The lowest BCUT2D eigenvalue weighted by Crippen LogP contribution is -2.38. The Morgan fingerprint density at radius 3 is 2.71 bits per heavy atom. The summed E-state index contributed by atoms with van der Waals surface area (Å²) in [5.74, 6) is -1.30. The molecule has 7 nitrogen and oxygen atoms in total. The third kappa shape index (κ3) is 5.07. The van der Waals surface area contributed by atoms with Gasteiger partial charge in [0.25, 0.3) is 0 Å². The Morgan fingerprint density at radius 2 is 2.04 bits per heavy atom. The van der Waals surface area contributed by atoms with Crippen molar-refractivity contribution in [2.24, 2.45) is 5.73 Å². The number of nitrogens with zero attached hydrogens (tertiary/aromatic N) is 3. The van der Waals surface area contributed by atoms with E-state index in [0.717, 1.165) is 5.56 Å². The van der Waals surface area contributed by atoms with Crippen LogP contribution in [0, 0.1) is 0 Å². The van der Waals surface area contributed by atoms with Crippen LogP contribution in [-0.4, -0.2) is 46.6 Å². The predicted molar refractivity (Wildman–Crippen MR) is 92.7 cm³/mol. The Hall–Kier alpha value is -2.38. The van der Waals surface area contributed by atoms with E-state index >= 15 is 0 Å². The van der Waals surface area contributed by atoms with Gasteiger partial charge in [-0.15, -0.1) is 0 Å². The van der Waals surface area contributed by atoms with Crippen LogP contribution in [0.2, 0.25) is 5.02 Å². The van der Waals surface area contributed by atoms with E-state index in [1.807, 2.05) is 12.1 Å². The van der Waals surface area contributed by atoms with E-state index in [1.54, 1.807) is 30.1 Å². The molecule has 0 radical (unpaired) electrons. The Kier molecular flexibility index (Phi) is 6.34. The molecule has 2 aromatic rings. The summed E-state index contributed by atoms with van der Waals surface area (Å²) in [4.78, 5) is 25.2. The average Bonchev–Trinajstić information content (AvgIpc) is 3.00. The summed E-state index contributed by atoms with van der Waals surface area (Å²) in [5.41, 5.74) is 6.89. The topological polar surface area (TPSA) is 93.2 Å². The van der Waals surface area contributed by atoms with Crippen molar-refractivity contribution < 1.29 is 9.59 Å². The predicted octanol–water partition coefficient (Wildman–Crippen LogP) is 1.33. The molecule has 0 saturated carbocycles. The van der Waals surface area contributed by atoms with Gasteiger partial charge >= 0.3 is 11.8 Å². The number of rotatable bonds is 6. The van der Waals surface area contributed by atoms with E-state index in [2.05, 4.69) is 10.4 Å². The summed E-state index contributed by atoms with van der Waals surface area (Å²) in [6.07, 6.45) is 3.81. The summed E-state index contributed by atoms with van der Waals surface area (Å²) in [6, 6.07) is 7.41. The van der Waals surface area contributed by atoms with E-state index < -0.39 is 11.8 Å². The lowest BCUT2D eigenvalue weighted by Gasteiger charge is -2.15. The highest BCUT2D eigenvalue weighted by molar-refractivity contribution is 6.39. The van der Waals surface area contributed by atoms with E-state index in [1.165, 1.54) is 11.1 Å². The van der Waals surface area contributed by atoms with Crippen molar-refractivity contribution in [1.29, 1.82) is 0 Å². The van der Waals surface area contributed by atoms with Crippen molar-refractivity contribution in [1.82, 2.24) is 14.7 Å². The zero-order chi connectivity index (χ0) is 17.5. The molecule has 2 rings (SSSR count). The zero-order valence-corrected chi connectivity index (χ0v) is 14.2. The average molecular weight is 350 g/mol. The minimum Gasteiger partial charge on any atom is -0.337 e. The molecular formula is C16H20ClN5O2. The van der Waals surface area contributed by atoms with Crippen LogP contribution in [-0.2, 0) is 16.1 Å². The highest BCUT2D eigenvalue weighted by Gasteiger charge is 2.18. The fraction of sp³-hybridized carbons (Fsp3) is 0.312. The molecule has 2 amide bonds. The van der Waals surface area contributed by atoms with Crippen LogP contribution in [0.5, 0.6) is 0 Å². The van der Waals surface area contributed by atoms with Crippen LogP contribution < -0.4 is 11.1 Å². The van der Waals surface area contributed by atoms with Crippen molar-refractivity contribution >= 4 is 29.1 Å². The summed E-state index contributed by atoms with van der Waals surface area (Å²) < 4.78 is 1.67. The Bertz CT molecular complexity index is 699. The second-order valence-electron chi connectivity index (χ2n) is 5.38. The van der Waals surface area contributed by atoms with Gasteiger partial charge in [0, 0.05) is 24.8 Å². The molecule has 8 heteroatoms. The minimum atomic E-state index is -0.694. The number of hydrogen-bond acceptors (Lipinski definition) is 4. The number of nitrogens with two attached hydrogens (primary N) is 1. The van der Waals surface area contributed by atoms with Gasteiger partial charge in [-0.3, -0.25) is 14.3 Å². The van der Waals surface area contributed by atoms with Crippen molar-refractivity contribution in [3.8, 4) is 0 Å². The lowest BCUT2D eigenvalue weighted by atomic mass is 10.2. The molecule has 0 aliphatic carbocycles. The quantitative estimate of drug-likeness (QED) is 0.769. The number of nitrogens with one attached hydrogen (secondary N) is 1. The zero-order valence-electron chi connectivity index (χ0n) is 13.4. The summed E-state index contributed by atoms with van der Waals surface area (Å²) in [7, 11) is 1.57. The maximum Gasteiger partial charge on any atom is 0.313 e. The second kappa shape index (κ2) is 8.47. The first-order valence-electron chi connectivity index (χ1n) is 7.53. The van der Waals surface area contributed by atoms with E-state index in [-0.39, 0.29) is 0 Å². The number of halogens is 1. The molecule has 128 valence electrons. The molecular weight excluding hydrogens is 330 g/mol. The molecule has 0 unspecified atom stereocenters. The SMILES string of the molecule is CN(CCCN)C(=O)C(=O)Nc1cnn(Cc2ccc(Cl)cc2)c1. The summed E-state index contributed by atoms with van der Waals surface area (Å²) in [6.45, 7) is 1.45. The van der Waals surface area contributed by atoms with Crippen LogP contribution in [0.25, 0.3) is 0 Å². The molecule has 0 atom stereocenters. The molecule has 0 fully saturated rings. The number of benzene rings is 1. The van der Waals surface area contributed by atoms with Crippen LogP contribution in [0.4, 0.5) is 5.69 Å². The highest BCUT2D eigenvalue weighted by Crippen LogP contribution is 2.12. The number of likely N-dealkylation sites (N-methyl/N-ethyl adjacent to an activating group) is 1. The fourth-order valence-electron chi connectivity index (χ4n) is 2.08. The normalized spacial score (nSPS) is 10.5. The van der Waals surface area contributed by atoms with Gasteiger partial charge in [0.05, 0.1) is 18.4 Å². The van der Waals surface area contributed by atoms with Crippen LogP contribution >= 0.6 is 11.6 Å². The third-order valence-corrected chi connectivity index (χ3v) is 3.64. The van der Waals surface area contributed by atoms with Gasteiger partial charge in [-0.25, -0.2) is 0 Å². The molecule has 1 aromatic carbocycles. The molecule has 0 aliphatic heterocycles. The third-order valence-electron chi connectivity index (χ3n) is 3.39. The Balaban J connectivity index is 1.92. The lowest BCUT2D eigenvalue weighted by molar-refractivity contribution is -0.142. The van der Waals surface area contributed by atoms with Gasteiger partial charge in [-0.05, 0) is 30.7 Å². The number of carbonyl (C=O) groups is 2. The van der Waals surface area contributed by atoms with Crippen LogP contribution in [0.3, 0.4) is 0 Å². The largest absolute Gasteiger partial charge is 0.337 e. The first-order valence-corrected chi connectivity index (χ1v) is 7.91. The molecule has 3 N–H and O–H groups in total. The number of amides is 2. The second-order valence-corrected chi connectivity index (χ2v) is 5.81. The maximum atomic E-state index is 11.9. The van der Waals surface area contributed by atoms with Gasteiger partial charge in [0.2, 0.25) is 0 Å². The molecule has 1 aromatic heterocycles. The van der Waals surface area contributed by atoms with E-state index in [4.69, 9.17) is 17.3 Å². The molecule has 0 saturated heterocycles. The summed E-state index contributed by atoms with van der Waals surface area (Å²) >= 11 is 5.85. The molecule has 0 aliphatic rings. The van der Waals surface area contributed by atoms with Gasteiger partial charge in [-0.2, -0.15) is 5.10 Å². The van der Waals surface area contributed by atoms with Crippen molar-refractivity contribution in [3.63, 3.8) is 0 Å².